The van der Waals surface area contributed by atoms with Gasteiger partial charge in [-0.3, -0.25) is 9.20 Å². The maximum Gasteiger partial charge on any atom is 0.189 e. The summed E-state index contributed by atoms with van der Waals surface area (Å²) in [7, 11) is 0. The summed E-state index contributed by atoms with van der Waals surface area (Å²) >= 11 is 0. The predicted molar refractivity (Wildman–Crippen MR) is 92.0 cm³/mol. The SMILES string of the molecule is Nc1nc2ccc(-c3ccc4[nH]cnc4c3)cn2c1C(=O)[C@@H]1C[C@@H]1F. The third-order valence-electron chi connectivity index (χ3n) is 4.68. The zero-order valence-electron chi connectivity index (χ0n) is 13.1. The summed E-state index contributed by atoms with van der Waals surface area (Å²) in [6, 6.07) is 9.61. The van der Waals surface area contributed by atoms with Crippen LogP contribution in [-0.2, 0) is 0 Å². The summed E-state index contributed by atoms with van der Waals surface area (Å²) in [4.78, 5) is 24.1. The van der Waals surface area contributed by atoms with Crippen LogP contribution in [0.5, 0.6) is 0 Å². The summed E-state index contributed by atoms with van der Waals surface area (Å²) in [5, 5.41) is 0. The number of benzene rings is 1. The Morgan fingerprint density at radius 2 is 2.08 bits per heavy atom. The number of H-pyrrole nitrogens is 1. The third kappa shape index (κ3) is 2.12. The van der Waals surface area contributed by atoms with Crippen molar-refractivity contribution in [2.75, 3.05) is 5.73 Å². The molecule has 0 bridgehead atoms. The number of carbonyl (C=O) groups excluding carboxylic acids is 1. The number of nitrogens with one attached hydrogen (secondary N) is 1. The van der Waals surface area contributed by atoms with Crippen molar-refractivity contribution in [3.8, 4) is 11.1 Å². The molecular formula is C18H14FN5O. The lowest BCUT2D eigenvalue weighted by Gasteiger charge is -2.05. The number of nitrogen functional groups attached to an aromatic ring is 1. The molecule has 0 saturated heterocycles. The quantitative estimate of drug-likeness (QED) is 0.563. The number of anilines is 1. The third-order valence-corrected chi connectivity index (χ3v) is 4.68. The van der Waals surface area contributed by atoms with Crippen LogP contribution in [0.25, 0.3) is 27.8 Å². The van der Waals surface area contributed by atoms with Crippen molar-refractivity contribution in [3.05, 3.63) is 48.5 Å². The van der Waals surface area contributed by atoms with Crippen molar-refractivity contribution in [1.82, 2.24) is 19.4 Å². The van der Waals surface area contributed by atoms with Crippen molar-refractivity contribution in [2.45, 2.75) is 12.6 Å². The van der Waals surface area contributed by atoms with Crippen LogP contribution in [0.3, 0.4) is 0 Å². The van der Waals surface area contributed by atoms with Crippen LogP contribution in [0, 0.1) is 5.92 Å². The van der Waals surface area contributed by atoms with Crippen LogP contribution < -0.4 is 5.73 Å². The van der Waals surface area contributed by atoms with E-state index >= 15 is 0 Å². The number of halogens is 1. The Labute approximate surface area is 141 Å². The number of fused-ring (bicyclic) bond motifs is 2. The van der Waals surface area contributed by atoms with Gasteiger partial charge in [-0.2, -0.15) is 0 Å². The number of alkyl halides is 1. The summed E-state index contributed by atoms with van der Waals surface area (Å²) in [5.74, 6) is -0.729. The molecule has 3 N–H and O–H groups in total. The number of nitrogens with zero attached hydrogens (tertiary/aromatic N) is 3. The molecule has 1 aromatic carbocycles. The number of imidazole rings is 2. The van der Waals surface area contributed by atoms with E-state index in [9.17, 15) is 9.18 Å². The molecule has 1 aliphatic rings. The second-order valence-corrected chi connectivity index (χ2v) is 6.35. The van der Waals surface area contributed by atoms with E-state index in [0.29, 0.717) is 5.65 Å². The first kappa shape index (κ1) is 14.2. The molecule has 124 valence electrons. The standard InChI is InChI=1S/C18H14FN5O/c19-12-6-11(12)17(25)16-18(20)23-15-4-2-10(7-24(15)16)9-1-3-13-14(5-9)22-8-21-13/h1-5,7-8,11-12H,6,20H2,(H,21,22)/t11-,12+/m1/s1. The highest BCUT2D eigenvalue weighted by molar-refractivity contribution is 6.03. The largest absolute Gasteiger partial charge is 0.382 e. The van der Waals surface area contributed by atoms with Gasteiger partial charge in [0, 0.05) is 6.20 Å². The van der Waals surface area contributed by atoms with Crippen LogP contribution in [0.4, 0.5) is 10.2 Å². The highest BCUT2D eigenvalue weighted by Crippen LogP contribution is 2.38. The summed E-state index contributed by atoms with van der Waals surface area (Å²) < 4.78 is 15.0. The number of carbonyl (C=O) groups is 1. The summed E-state index contributed by atoms with van der Waals surface area (Å²) in [5.41, 5.74) is 10.4. The van der Waals surface area contributed by atoms with Gasteiger partial charge in [-0.1, -0.05) is 6.07 Å². The smallest absolute Gasteiger partial charge is 0.189 e. The Morgan fingerprint density at radius 1 is 1.28 bits per heavy atom. The van der Waals surface area contributed by atoms with E-state index in [1.54, 1.807) is 16.8 Å². The maximum absolute atomic E-state index is 13.3. The van der Waals surface area contributed by atoms with Gasteiger partial charge in [0.25, 0.3) is 0 Å². The first-order valence-corrected chi connectivity index (χ1v) is 8.01. The van der Waals surface area contributed by atoms with Gasteiger partial charge in [-0.15, -0.1) is 0 Å². The molecule has 3 heterocycles. The monoisotopic (exact) mass is 335 g/mol. The van der Waals surface area contributed by atoms with Gasteiger partial charge < -0.3 is 10.7 Å². The van der Waals surface area contributed by atoms with Crippen LogP contribution in [0.15, 0.2) is 42.9 Å². The number of Topliss-reactive ketones (excluding diaryl/α,β-unsaturated/α-hetero) is 1. The normalized spacial score (nSPS) is 19.6. The Hall–Kier alpha value is -3.22. The topological polar surface area (TPSA) is 89.1 Å². The lowest BCUT2D eigenvalue weighted by molar-refractivity contribution is 0.0952. The minimum Gasteiger partial charge on any atom is -0.382 e. The van der Waals surface area contributed by atoms with Gasteiger partial charge in [0.15, 0.2) is 11.6 Å². The average Bonchev–Trinajstić information content (AvgIpc) is 3.04. The summed E-state index contributed by atoms with van der Waals surface area (Å²) in [6.45, 7) is 0. The molecule has 1 aliphatic carbocycles. The molecule has 25 heavy (non-hydrogen) atoms. The number of rotatable bonds is 3. The molecule has 0 unspecified atom stereocenters. The molecular weight excluding hydrogens is 321 g/mol. The number of nitrogens with two attached hydrogens (primary N) is 1. The number of pyridine rings is 1. The average molecular weight is 335 g/mol. The zero-order chi connectivity index (χ0) is 17.1. The van der Waals surface area contributed by atoms with E-state index in [1.165, 1.54) is 0 Å². The molecule has 2 atom stereocenters. The van der Waals surface area contributed by atoms with Gasteiger partial charge in [0.2, 0.25) is 0 Å². The maximum atomic E-state index is 13.3. The number of ketones is 1. The number of aromatic nitrogens is 4. The van der Waals surface area contributed by atoms with Gasteiger partial charge in [-0.25, -0.2) is 14.4 Å². The Kier molecular flexibility index (Phi) is 2.77. The van der Waals surface area contributed by atoms with E-state index < -0.39 is 12.1 Å². The molecule has 1 saturated carbocycles. The highest BCUT2D eigenvalue weighted by atomic mass is 19.1. The van der Waals surface area contributed by atoms with Gasteiger partial charge in [0.1, 0.15) is 17.5 Å². The second-order valence-electron chi connectivity index (χ2n) is 6.35. The Balaban J connectivity index is 1.66. The molecule has 1 fully saturated rings. The molecule has 6 nitrogen and oxygen atoms in total. The highest BCUT2D eigenvalue weighted by Gasteiger charge is 2.45. The lowest BCUT2D eigenvalue weighted by atomic mass is 10.1. The van der Waals surface area contributed by atoms with Crippen molar-refractivity contribution >= 4 is 28.3 Å². The van der Waals surface area contributed by atoms with Crippen molar-refractivity contribution < 1.29 is 9.18 Å². The fraction of sp³-hybridized carbons (Fsp3) is 0.167. The van der Waals surface area contributed by atoms with Crippen LogP contribution in [0.1, 0.15) is 16.9 Å². The van der Waals surface area contributed by atoms with E-state index in [0.717, 1.165) is 22.2 Å². The van der Waals surface area contributed by atoms with Crippen LogP contribution in [0.2, 0.25) is 0 Å². The molecule has 0 spiro atoms. The lowest BCUT2D eigenvalue weighted by Crippen LogP contribution is -2.10. The van der Waals surface area contributed by atoms with E-state index in [4.69, 9.17) is 5.73 Å². The predicted octanol–water partition coefficient (Wildman–Crippen LogP) is 3.00. The molecule has 0 amide bonds. The van der Waals surface area contributed by atoms with Crippen molar-refractivity contribution in [2.24, 2.45) is 5.92 Å². The zero-order valence-corrected chi connectivity index (χ0v) is 13.1. The summed E-state index contributed by atoms with van der Waals surface area (Å²) in [6.07, 6.45) is 2.66. The Bertz CT molecular complexity index is 1140. The van der Waals surface area contributed by atoms with Crippen molar-refractivity contribution in [3.63, 3.8) is 0 Å². The minimum atomic E-state index is -1.07. The Morgan fingerprint density at radius 3 is 2.88 bits per heavy atom. The first-order valence-electron chi connectivity index (χ1n) is 8.01. The molecule has 7 heteroatoms. The second kappa shape index (κ2) is 4.89. The number of aromatic amines is 1. The van der Waals surface area contributed by atoms with Gasteiger partial charge in [-0.05, 0) is 41.8 Å². The van der Waals surface area contributed by atoms with E-state index in [-0.39, 0.29) is 23.7 Å². The molecule has 0 aliphatic heterocycles. The molecule has 0 radical (unpaired) electrons. The number of hydrogen-bond acceptors (Lipinski definition) is 4. The van der Waals surface area contributed by atoms with Gasteiger partial charge in [0.05, 0.1) is 23.3 Å². The minimum absolute atomic E-state index is 0.143. The molecule has 3 aromatic heterocycles. The molecule has 5 rings (SSSR count). The number of hydrogen-bond donors (Lipinski definition) is 2. The van der Waals surface area contributed by atoms with Gasteiger partial charge >= 0.3 is 0 Å². The first-order chi connectivity index (χ1) is 12.1. The van der Waals surface area contributed by atoms with E-state index in [2.05, 4.69) is 15.0 Å². The van der Waals surface area contributed by atoms with Crippen LogP contribution in [-0.4, -0.2) is 31.3 Å². The van der Waals surface area contributed by atoms with Crippen molar-refractivity contribution in [1.29, 1.82) is 0 Å². The van der Waals surface area contributed by atoms with E-state index in [1.807, 2.05) is 30.5 Å². The molecule has 4 aromatic rings. The fourth-order valence-electron chi connectivity index (χ4n) is 3.20. The van der Waals surface area contributed by atoms with Crippen LogP contribution >= 0.6 is 0 Å². The fourth-order valence-corrected chi connectivity index (χ4v) is 3.20.